The van der Waals surface area contributed by atoms with E-state index in [1.807, 2.05) is 36.4 Å². The fourth-order valence-electron chi connectivity index (χ4n) is 1.38. The van der Waals surface area contributed by atoms with Crippen LogP contribution in [0.3, 0.4) is 0 Å². The summed E-state index contributed by atoms with van der Waals surface area (Å²) in [6.07, 6.45) is 0. The molecule has 0 unspecified atom stereocenters. The van der Waals surface area contributed by atoms with Crippen molar-refractivity contribution in [3.05, 3.63) is 54.1 Å². The van der Waals surface area contributed by atoms with Gasteiger partial charge in [0.2, 0.25) is 0 Å². The standard InChI is InChI=1S/C13H13NO2S/c15-12-5-7-13(8-6-12)17-9-10-1-3-11(14-16)4-2-10/h1-8,14-16H,9H2. The maximum atomic E-state index is 9.16. The molecule has 2 rings (SSSR count). The zero-order chi connectivity index (χ0) is 12.1. The van der Waals surface area contributed by atoms with Gasteiger partial charge in [0.05, 0.1) is 5.69 Å². The van der Waals surface area contributed by atoms with Gasteiger partial charge in [-0.3, -0.25) is 10.7 Å². The Morgan fingerprint density at radius 1 is 0.941 bits per heavy atom. The summed E-state index contributed by atoms with van der Waals surface area (Å²) in [5.74, 6) is 1.14. The van der Waals surface area contributed by atoms with Gasteiger partial charge >= 0.3 is 0 Å². The Kier molecular flexibility index (Phi) is 3.90. The van der Waals surface area contributed by atoms with Gasteiger partial charge < -0.3 is 5.11 Å². The number of thioether (sulfide) groups is 1. The number of aromatic hydroxyl groups is 1. The minimum atomic E-state index is 0.285. The van der Waals surface area contributed by atoms with Gasteiger partial charge in [0.1, 0.15) is 5.75 Å². The maximum Gasteiger partial charge on any atom is 0.115 e. The summed E-state index contributed by atoms with van der Waals surface area (Å²) in [5.41, 5.74) is 3.97. The largest absolute Gasteiger partial charge is 0.508 e. The topological polar surface area (TPSA) is 52.5 Å². The number of phenols is 1. The van der Waals surface area contributed by atoms with Gasteiger partial charge in [-0.15, -0.1) is 11.8 Å². The number of anilines is 1. The molecule has 88 valence electrons. The lowest BCUT2D eigenvalue weighted by atomic mass is 10.2. The maximum absolute atomic E-state index is 9.16. The Morgan fingerprint density at radius 2 is 1.59 bits per heavy atom. The third-order valence-electron chi connectivity index (χ3n) is 2.33. The summed E-state index contributed by atoms with van der Waals surface area (Å²) in [7, 11) is 0. The molecule has 0 amide bonds. The molecule has 4 heteroatoms. The van der Waals surface area contributed by atoms with Gasteiger partial charge in [0.25, 0.3) is 0 Å². The van der Waals surface area contributed by atoms with Crippen molar-refractivity contribution in [1.29, 1.82) is 0 Å². The third-order valence-corrected chi connectivity index (χ3v) is 3.41. The number of rotatable bonds is 4. The van der Waals surface area contributed by atoms with Crippen LogP contribution in [0.25, 0.3) is 0 Å². The second-order valence-electron chi connectivity index (χ2n) is 3.59. The molecule has 2 aromatic carbocycles. The molecule has 3 N–H and O–H groups in total. The Morgan fingerprint density at radius 3 is 2.18 bits per heavy atom. The second-order valence-corrected chi connectivity index (χ2v) is 4.64. The molecule has 0 aliphatic carbocycles. The lowest BCUT2D eigenvalue weighted by molar-refractivity contribution is 0.389. The van der Waals surface area contributed by atoms with E-state index in [0.29, 0.717) is 5.69 Å². The molecule has 2 aromatic rings. The first-order chi connectivity index (χ1) is 8.28. The minimum Gasteiger partial charge on any atom is -0.508 e. The lowest BCUT2D eigenvalue weighted by Crippen LogP contribution is -1.88. The number of nitrogens with one attached hydrogen (secondary N) is 1. The first-order valence-corrected chi connectivity index (χ1v) is 6.17. The number of benzene rings is 2. The van der Waals surface area contributed by atoms with E-state index in [2.05, 4.69) is 5.48 Å². The number of hydrogen-bond donors (Lipinski definition) is 3. The van der Waals surface area contributed by atoms with Crippen LogP contribution < -0.4 is 5.48 Å². The second kappa shape index (κ2) is 5.61. The molecule has 0 aliphatic rings. The Hall–Kier alpha value is -1.65. The number of hydrogen-bond acceptors (Lipinski definition) is 4. The molecule has 3 nitrogen and oxygen atoms in total. The zero-order valence-electron chi connectivity index (χ0n) is 9.13. The van der Waals surface area contributed by atoms with Gasteiger partial charge in [-0.2, -0.15) is 0 Å². The van der Waals surface area contributed by atoms with Gasteiger partial charge in [-0.1, -0.05) is 12.1 Å². The molecule has 0 spiro atoms. The van der Waals surface area contributed by atoms with E-state index in [1.54, 1.807) is 23.9 Å². The molecule has 0 aliphatic heterocycles. The summed E-state index contributed by atoms with van der Waals surface area (Å²) in [6, 6.07) is 14.7. The minimum absolute atomic E-state index is 0.285. The van der Waals surface area contributed by atoms with Crippen molar-refractivity contribution < 1.29 is 10.3 Å². The molecule has 17 heavy (non-hydrogen) atoms. The van der Waals surface area contributed by atoms with E-state index in [1.165, 1.54) is 5.56 Å². The van der Waals surface area contributed by atoms with Crippen molar-refractivity contribution in [3.63, 3.8) is 0 Å². The first-order valence-electron chi connectivity index (χ1n) is 5.19. The van der Waals surface area contributed by atoms with E-state index in [4.69, 9.17) is 10.3 Å². The first kappa shape index (κ1) is 11.8. The van der Waals surface area contributed by atoms with Crippen molar-refractivity contribution in [2.24, 2.45) is 0 Å². The van der Waals surface area contributed by atoms with Crippen LogP contribution in [-0.2, 0) is 5.75 Å². The van der Waals surface area contributed by atoms with E-state index in [0.717, 1.165) is 10.6 Å². The van der Waals surface area contributed by atoms with Crippen LogP contribution in [0.2, 0.25) is 0 Å². The van der Waals surface area contributed by atoms with Crippen LogP contribution in [0.4, 0.5) is 5.69 Å². The lowest BCUT2D eigenvalue weighted by Gasteiger charge is -2.03. The molecule has 0 fully saturated rings. The molecule has 0 saturated heterocycles. The smallest absolute Gasteiger partial charge is 0.115 e. The Balaban J connectivity index is 1.95. The van der Waals surface area contributed by atoms with Crippen LogP contribution in [0.1, 0.15) is 5.56 Å². The SMILES string of the molecule is ONc1ccc(CSc2ccc(O)cc2)cc1. The molecular formula is C13H13NO2S. The van der Waals surface area contributed by atoms with Crippen molar-refractivity contribution in [2.45, 2.75) is 10.6 Å². The van der Waals surface area contributed by atoms with E-state index >= 15 is 0 Å². The summed E-state index contributed by atoms with van der Waals surface area (Å²) in [6.45, 7) is 0. The normalized spacial score (nSPS) is 10.2. The van der Waals surface area contributed by atoms with Gasteiger partial charge in [0.15, 0.2) is 0 Å². The monoisotopic (exact) mass is 247 g/mol. The predicted molar refractivity (Wildman–Crippen MR) is 69.5 cm³/mol. The predicted octanol–water partition coefficient (Wildman–Crippen LogP) is 3.49. The van der Waals surface area contributed by atoms with Gasteiger partial charge in [-0.25, -0.2) is 0 Å². The highest BCUT2D eigenvalue weighted by Gasteiger charge is 1.97. The van der Waals surface area contributed by atoms with Crippen molar-refractivity contribution in [3.8, 4) is 5.75 Å². The van der Waals surface area contributed by atoms with Gasteiger partial charge in [0, 0.05) is 10.6 Å². The average Bonchev–Trinajstić information content (AvgIpc) is 2.39. The number of phenolic OH excluding ortho intramolecular Hbond substituents is 1. The quantitative estimate of drug-likeness (QED) is 0.572. The van der Waals surface area contributed by atoms with Crippen LogP contribution in [0.5, 0.6) is 5.75 Å². The average molecular weight is 247 g/mol. The Bertz CT molecular complexity index is 468. The van der Waals surface area contributed by atoms with E-state index in [9.17, 15) is 0 Å². The van der Waals surface area contributed by atoms with Crippen LogP contribution in [-0.4, -0.2) is 10.3 Å². The molecule has 0 saturated carbocycles. The zero-order valence-corrected chi connectivity index (χ0v) is 9.95. The van der Waals surface area contributed by atoms with Crippen LogP contribution in [0.15, 0.2) is 53.4 Å². The van der Waals surface area contributed by atoms with Gasteiger partial charge in [-0.05, 0) is 42.0 Å². The summed E-state index contributed by atoms with van der Waals surface area (Å²) < 4.78 is 0. The van der Waals surface area contributed by atoms with Crippen molar-refractivity contribution in [1.82, 2.24) is 0 Å². The molecule has 0 atom stereocenters. The molecule has 0 aromatic heterocycles. The molecule has 0 bridgehead atoms. The highest BCUT2D eigenvalue weighted by molar-refractivity contribution is 7.98. The van der Waals surface area contributed by atoms with Crippen molar-refractivity contribution >= 4 is 17.4 Å². The van der Waals surface area contributed by atoms with Crippen LogP contribution in [0, 0.1) is 0 Å². The summed E-state index contributed by atoms with van der Waals surface area (Å²) in [5, 5.41) is 17.8. The summed E-state index contributed by atoms with van der Waals surface area (Å²) in [4.78, 5) is 1.12. The fraction of sp³-hybridized carbons (Fsp3) is 0.0769. The highest BCUT2D eigenvalue weighted by Crippen LogP contribution is 2.24. The highest BCUT2D eigenvalue weighted by atomic mass is 32.2. The summed E-state index contributed by atoms with van der Waals surface area (Å²) >= 11 is 1.70. The van der Waals surface area contributed by atoms with E-state index < -0.39 is 0 Å². The van der Waals surface area contributed by atoms with Crippen LogP contribution >= 0.6 is 11.8 Å². The van der Waals surface area contributed by atoms with E-state index in [-0.39, 0.29) is 5.75 Å². The third kappa shape index (κ3) is 3.41. The molecular weight excluding hydrogens is 234 g/mol. The molecule has 0 radical (unpaired) electrons. The Labute approximate surface area is 104 Å². The molecule has 0 heterocycles. The van der Waals surface area contributed by atoms with Crippen molar-refractivity contribution in [2.75, 3.05) is 5.48 Å². The fourth-order valence-corrected chi connectivity index (χ4v) is 2.24.